The van der Waals surface area contributed by atoms with Crippen LogP contribution in [-0.2, 0) is 16.0 Å². The van der Waals surface area contributed by atoms with E-state index in [-0.39, 0.29) is 12.5 Å². The maximum Gasteiger partial charge on any atom is 0.328 e. The van der Waals surface area contributed by atoms with Crippen LogP contribution in [-0.4, -0.2) is 29.1 Å². The molecule has 0 aliphatic carbocycles. The number of fused-ring (bicyclic) bond motifs is 1. The van der Waals surface area contributed by atoms with Crippen LogP contribution in [0.4, 0.5) is 0 Å². The Kier molecular flexibility index (Phi) is 3.90. The molecule has 108 valence electrons. The van der Waals surface area contributed by atoms with Gasteiger partial charge in [0.2, 0.25) is 5.91 Å². The highest BCUT2D eigenvalue weighted by Crippen LogP contribution is 2.30. The maximum atomic E-state index is 12.1. The molecule has 0 spiro atoms. The van der Waals surface area contributed by atoms with Gasteiger partial charge in [0.25, 0.3) is 0 Å². The minimum absolute atomic E-state index is 0.232. The van der Waals surface area contributed by atoms with Crippen molar-refractivity contribution in [1.29, 1.82) is 0 Å². The lowest BCUT2D eigenvalue weighted by atomic mass is 9.94. The van der Waals surface area contributed by atoms with Gasteiger partial charge >= 0.3 is 5.97 Å². The Morgan fingerprint density at radius 2 is 2.15 bits per heavy atom. The van der Waals surface area contributed by atoms with Gasteiger partial charge in [-0.05, 0) is 44.0 Å². The number of carboxylic acid groups (broad SMARTS) is 1. The van der Waals surface area contributed by atoms with Crippen LogP contribution < -0.4 is 10.1 Å². The largest absolute Gasteiger partial charge is 0.492 e. The fraction of sp³-hybridized carbons (Fsp3) is 0.429. The number of ether oxygens (including phenoxy) is 1. The minimum Gasteiger partial charge on any atom is -0.492 e. The van der Waals surface area contributed by atoms with E-state index in [0.29, 0.717) is 11.4 Å². The lowest BCUT2D eigenvalue weighted by molar-refractivity contribution is -0.147. The van der Waals surface area contributed by atoms with E-state index in [2.05, 4.69) is 5.32 Å². The molecule has 0 saturated carbocycles. The molecule has 20 heavy (non-hydrogen) atoms. The van der Waals surface area contributed by atoms with Gasteiger partial charge in [-0.1, -0.05) is 11.6 Å². The number of hydrogen-bond acceptors (Lipinski definition) is 3. The summed E-state index contributed by atoms with van der Waals surface area (Å²) in [7, 11) is 0. The third-order valence-electron chi connectivity index (χ3n) is 3.27. The molecule has 1 amide bonds. The summed E-state index contributed by atoms with van der Waals surface area (Å²) in [4.78, 5) is 23.1. The van der Waals surface area contributed by atoms with Crippen LogP contribution in [0.15, 0.2) is 18.2 Å². The zero-order valence-electron chi connectivity index (χ0n) is 11.3. The van der Waals surface area contributed by atoms with Crippen molar-refractivity contribution in [3.63, 3.8) is 0 Å². The summed E-state index contributed by atoms with van der Waals surface area (Å²) in [6.07, 6.45) is 0.484. The maximum absolute atomic E-state index is 12.1. The molecule has 1 aliphatic rings. The summed E-state index contributed by atoms with van der Waals surface area (Å²) < 4.78 is 5.52. The molecule has 0 aromatic heterocycles. The first-order valence-electron chi connectivity index (χ1n) is 6.26. The van der Waals surface area contributed by atoms with E-state index < -0.39 is 17.4 Å². The molecule has 1 atom stereocenters. The highest BCUT2D eigenvalue weighted by molar-refractivity contribution is 6.30. The number of halogens is 1. The fourth-order valence-electron chi connectivity index (χ4n) is 2.00. The quantitative estimate of drug-likeness (QED) is 0.893. The van der Waals surface area contributed by atoms with Crippen LogP contribution in [0.25, 0.3) is 0 Å². The predicted molar refractivity (Wildman–Crippen MR) is 74.0 cm³/mol. The van der Waals surface area contributed by atoms with Crippen LogP contribution >= 0.6 is 11.6 Å². The third kappa shape index (κ3) is 3.04. The normalized spacial score (nSPS) is 17.9. The van der Waals surface area contributed by atoms with E-state index in [1.807, 2.05) is 0 Å². The topological polar surface area (TPSA) is 75.6 Å². The van der Waals surface area contributed by atoms with Gasteiger partial charge in [-0.2, -0.15) is 0 Å². The van der Waals surface area contributed by atoms with E-state index in [4.69, 9.17) is 21.4 Å². The lowest BCUT2D eigenvalue weighted by Gasteiger charge is -2.28. The smallest absolute Gasteiger partial charge is 0.328 e. The second kappa shape index (κ2) is 5.32. The lowest BCUT2D eigenvalue weighted by Crippen LogP contribution is -2.52. The fourth-order valence-corrected chi connectivity index (χ4v) is 2.19. The Morgan fingerprint density at radius 1 is 1.45 bits per heavy atom. The molecule has 1 unspecified atom stereocenters. The molecule has 2 N–H and O–H groups in total. The van der Waals surface area contributed by atoms with Gasteiger partial charge in [0.05, 0.1) is 5.92 Å². The molecule has 0 saturated heterocycles. The molecule has 1 aliphatic heterocycles. The van der Waals surface area contributed by atoms with Gasteiger partial charge in [-0.25, -0.2) is 4.79 Å². The summed E-state index contributed by atoms with van der Waals surface area (Å²) in [6.45, 7) is 3.12. The molecule has 2 rings (SSSR count). The Balaban J connectivity index is 2.09. The monoisotopic (exact) mass is 297 g/mol. The summed E-state index contributed by atoms with van der Waals surface area (Å²) in [5.41, 5.74) is -0.442. The summed E-state index contributed by atoms with van der Waals surface area (Å²) in [5, 5.41) is 12.1. The Bertz CT molecular complexity index is 556. The number of aliphatic carboxylic acids is 1. The zero-order chi connectivity index (χ0) is 14.9. The van der Waals surface area contributed by atoms with Gasteiger partial charge in [0, 0.05) is 5.02 Å². The van der Waals surface area contributed by atoms with Crippen molar-refractivity contribution in [2.75, 3.05) is 6.61 Å². The van der Waals surface area contributed by atoms with Crippen molar-refractivity contribution in [3.05, 3.63) is 28.8 Å². The summed E-state index contributed by atoms with van der Waals surface area (Å²) >= 11 is 5.92. The number of carbonyl (C=O) groups is 2. The van der Waals surface area contributed by atoms with Crippen molar-refractivity contribution in [1.82, 2.24) is 5.32 Å². The van der Waals surface area contributed by atoms with E-state index in [9.17, 15) is 9.59 Å². The predicted octanol–water partition coefficient (Wildman–Crippen LogP) is 1.87. The highest BCUT2D eigenvalue weighted by atomic mass is 35.5. The molecular weight excluding hydrogens is 282 g/mol. The van der Waals surface area contributed by atoms with Crippen LogP contribution in [0.5, 0.6) is 5.75 Å². The number of carboxylic acids is 1. The van der Waals surface area contributed by atoms with Crippen LogP contribution in [0.1, 0.15) is 19.4 Å². The number of rotatable bonds is 3. The second-order valence-electron chi connectivity index (χ2n) is 5.38. The summed E-state index contributed by atoms with van der Waals surface area (Å²) in [5.74, 6) is -1.11. The van der Waals surface area contributed by atoms with Gasteiger partial charge in [-0.3, -0.25) is 4.79 Å². The second-order valence-corrected chi connectivity index (χ2v) is 5.82. The first-order chi connectivity index (χ1) is 9.29. The van der Waals surface area contributed by atoms with E-state index in [1.165, 1.54) is 13.8 Å². The molecule has 0 radical (unpaired) electrons. The Morgan fingerprint density at radius 3 is 2.80 bits per heavy atom. The highest BCUT2D eigenvalue weighted by Gasteiger charge is 2.33. The molecule has 1 heterocycles. The van der Waals surface area contributed by atoms with Crippen LogP contribution in [0, 0.1) is 5.92 Å². The van der Waals surface area contributed by atoms with Crippen molar-refractivity contribution >= 4 is 23.5 Å². The number of nitrogens with one attached hydrogen (secondary N) is 1. The molecule has 1 aromatic rings. The van der Waals surface area contributed by atoms with Gasteiger partial charge in [0.15, 0.2) is 0 Å². The first kappa shape index (κ1) is 14.7. The SMILES string of the molecule is CC(C)(NC(=O)C1COc2ccc(Cl)cc2C1)C(=O)O. The Labute approximate surface area is 121 Å². The third-order valence-corrected chi connectivity index (χ3v) is 3.51. The van der Waals surface area contributed by atoms with Crippen molar-refractivity contribution in [2.45, 2.75) is 25.8 Å². The van der Waals surface area contributed by atoms with Gasteiger partial charge in [0.1, 0.15) is 17.9 Å². The van der Waals surface area contributed by atoms with Crippen LogP contribution in [0.2, 0.25) is 5.02 Å². The first-order valence-corrected chi connectivity index (χ1v) is 6.64. The van der Waals surface area contributed by atoms with Crippen molar-refractivity contribution in [3.8, 4) is 5.75 Å². The van der Waals surface area contributed by atoms with E-state index >= 15 is 0 Å². The average molecular weight is 298 g/mol. The van der Waals surface area contributed by atoms with Gasteiger partial charge < -0.3 is 15.2 Å². The standard InChI is InChI=1S/C14H16ClNO4/c1-14(2,13(18)19)16-12(17)9-5-8-6-10(15)3-4-11(8)20-7-9/h3-4,6,9H,5,7H2,1-2H3,(H,16,17)(H,18,19). The molecular formula is C14H16ClNO4. The van der Waals surface area contributed by atoms with Gasteiger partial charge in [-0.15, -0.1) is 0 Å². The molecule has 1 aromatic carbocycles. The molecule has 0 fully saturated rings. The molecule has 6 heteroatoms. The molecule has 0 bridgehead atoms. The number of carbonyl (C=O) groups excluding carboxylic acids is 1. The Hall–Kier alpha value is -1.75. The van der Waals surface area contributed by atoms with Crippen LogP contribution in [0.3, 0.4) is 0 Å². The number of hydrogen-bond donors (Lipinski definition) is 2. The zero-order valence-corrected chi connectivity index (χ0v) is 12.0. The minimum atomic E-state index is -1.30. The van der Waals surface area contributed by atoms with E-state index in [1.54, 1.807) is 18.2 Å². The molecule has 5 nitrogen and oxygen atoms in total. The van der Waals surface area contributed by atoms with E-state index in [0.717, 1.165) is 11.3 Å². The number of amides is 1. The summed E-state index contributed by atoms with van der Waals surface area (Å²) in [6, 6.07) is 5.26. The number of benzene rings is 1. The average Bonchev–Trinajstić information content (AvgIpc) is 2.37. The van der Waals surface area contributed by atoms with Crippen molar-refractivity contribution in [2.24, 2.45) is 5.92 Å². The van der Waals surface area contributed by atoms with Crippen molar-refractivity contribution < 1.29 is 19.4 Å².